The fourth-order valence-corrected chi connectivity index (χ4v) is 1.83. The van der Waals surface area contributed by atoms with E-state index in [0.29, 0.717) is 5.84 Å². The predicted octanol–water partition coefficient (Wildman–Crippen LogP) is 1.66. The maximum absolute atomic E-state index is 7.70. The van der Waals surface area contributed by atoms with Crippen LogP contribution in [0.3, 0.4) is 0 Å². The second-order valence-electron chi connectivity index (χ2n) is 3.71. The molecule has 0 fully saturated rings. The van der Waals surface area contributed by atoms with Crippen LogP contribution in [-0.2, 0) is 0 Å². The van der Waals surface area contributed by atoms with E-state index in [9.17, 15) is 0 Å². The molecular weight excluding hydrogens is 174 g/mol. The van der Waals surface area contributed by atoms with Crippen LogP contribution in [0.25, 0.3) is 0 Å². The molecular formula is C11H13N3. The Balaban J connectivity index is 2.82. The van der Waals surface area contributed by atoms with Crippen molar-refractivity contribution in [3.8, 4) is 0 Å². The highest BCUT2D eigenvalue weighted by Crippen LogP contribution is 2.26. The summed E-state index contributed by atoms with van der Waals surface area (Å²) in [7, 11) is 0. The normalized spacial score (nSPS) is 14.2. The molecule has 1 aromatic rings. The van der Waals surface area contributed by atoms with E-state index in [0.717, 1.165) is 16.7 Å². The van der Waals surface area contributed by atoms with Crippen molar-refractivity contribution in [3.05, 3.63) is 33.9 Å². The van der Waals surface area contributed by atoms with E-state index in [-0.39, 0.29) is 5.84 Å². The maximum Gasteiger partial charge on any atom is 0.155 e. The van der Waals surface area contributed by atoms with Crippen molar-refractivity contribution in [1.82, 2.24) is 0 Å². The highest BCUT2D eigenvalue weighted by Gasteiger charge is 2.22. The number of nitrogens with zero attached hydrogens (tertiary/aromatic N) is 1. The average Bonchev–Trinajstić information content (AvgIpc) is 2.38. The highest BCUT2D eigenvalue weighted by molar-refractivity contribution is 6.21. The Hall–Kier alpha value is -1.64. The molecule has 0 saturated carbocycles. The Morgan fingerprint density at radius 3 is 2.50 bits per heavy atom. The second kappa shape index (κ2) is 2.67. The van der Waals surface area contributed by atoms with Gasteiger partial charge in [-0.25, -0.2) is 4.99 Å². The number of aliphatic imine (C=N–C) groups is 1. The summed E-state index contributed by atoms with van der Waals surface area (Å²) < 4.78 is 0. The zero-order valence-electron chi connectivity index (χ0n) is 8.60. The van der Waals surface area contributed by atoms with Crippen molar-refractivity contribution < 1.29 is 0 Å². The molecule has 1 heterocycles. The standard InChI is InChI=1S/C11H13N3/c1-5-4-8-9(7(3)6(5)2)11(13)14-10(8)12/h4H,1-3H3,(H3,12,13,14). The summed E-state index contributed by atoms with van der Waals surface area (Å²) in [6, 6.07) is 2.01. The van der Waals surface area contributed by atoms with Crippen molar-refractivity contribution in [1.29, 1.82) is 5.41 Å². The molecule has 1 aliphatic rings. The third-order valence-electron chi connectivity index (χ3n) is 2.90. The zero-order chi connectivity index (χ0) is 10.5. The average molecular weight is 187 g/mol. The second-order valence-corrected chi connectivity index (χ2v) is 3.71. The van der Waals surface area contributed by atoms with Gasteiger partial charge in [0.15, 0.2) is 5.84 Å². The van der Waals surface area contributed by atoms with E-state index in [2.05, 4.69) is 18.8 Å². The van der Waals surface area contributed by atoms with Crippen LogP contribution >= 0.6 is 0 Å². The number of nitrogens with two attached hydrogens (primary N) is 1. The topological polar surface area (TPSA) is 62.2 Å². The van der Waals surface area contributed by atoms with E-state index < -0.39 is 0 Å². The molecule has 0 unspecified atom stereocenters. The van der Waals surface area contributed by atoms with Crippen LogP contribution in [0.15, 0.2) is 11.1 Å². The van der Waals surface area contributed by atoms with E-state index >= 15 is 0 Å². The minimum atomic E-state index is 0.290. The number of aryl methyl sites for hydroxylation is 1. The Morgan fingerprint density at radius 2 is 1.86 bits per heavy atom. The SMILES string of the molecule is Cc1cc2c(c(C)c1C)C(=N)N=C2N. The van der Waals surface area contributed by atoms with Crippen LogP contribution in [0, 0.1) is 26.2 Å². The first kappa shape index (κ1) is 8.94. The van der Waals surface area contributed by atoms with Gasteiger partial charge in [-0.3, -0.25) is 5.41 Å². The van der Waals surface area contributed by atoms with Crippen LogP contribution in [0.4, 0.5) is 0 Å². The molecule has 0 amide bonds. The van der Waals surface area contributed by atoms with E-state index in [1.54, 1.807) is 0 Å². The largest absolute Gasteiger partial charge is 0.383 e. The summed E-state index contributed by atoms with van der Waals surface area (Å²) >= 11 is 0. The first-order chi connectivity index (χ1) is 6.52. The first-order valence-corrected chi connectivity index (χ1v) is 4.56. The molecule has 1 aromatic carbocycles. The van der Waals surface area contributed by atoms with E-state index in [1.807, 2.05) is 13.0 Å². The van der Waals surface area contributed by atoms with Gasteiger partial charge >= 0.3 is 0 Å². The van der Waals surface area contributed by atoms with Crippen LogP contribution in [0.2, 0.25) is 0 Å². The Labute approximate surface area is 83.2 Å². The molecule has 0 bridgehead atoms. The van der Waals surface area contributed by atoms with Gasteiger partial charge in [0.2, 0.25) is 0 Å². The van der Waals surface area contributed by atoms with Gasteiger partial charge in [-0.1, -0.05) is 0 Å². The fourth-order valence-electron chi connectivity index (χ4n) is 1.83. The van der Waals surface area contributed by atoms with Crippen molar-refractivity contribution in [2.45, 2.75) is 20.8 Å². The molecule has 0 spiro atoms. The molecule has 0 aliphatic carbocycles. The lowest BCUT2D eigenvalue weighted by atomic mass is 9.94. The van der Waals surface area contributed by atoms with E-state index in [1.165, 1.54) is 11.1 Å². The molecule has 1 aliphatic heterocycles. The van der Waals surface area contributed by atoms with Crippen molar-refractivity contribution in [2.24, 2.45) is 10.7 Å². The minimum absolute atomic E-state index is 0.290. The summed E-state index contributed by atoms with van der Waals surface area (Å²) in [4.78, 5) is 3.98. The maximum atomic E-state index is 7.70. The van der Waals surface area contributed by atoms with Gasteiger partial charge in [-0.05, 0) is 43.5 Å². The Bertz CT molecular complexity index is 470. The summed E-state index contributed by atoms with van der Waals surface area (Å²) in [5.74, 6) is 0.759. The number of hydrogen-bond donors (Lipinski definition) is 2. The van der Waals surface area contributed by atoms with E-state index in [4.69, 9.17) is 11.1 Å². The number of amidine groups is 2. The van der Waals surface area contributed by atoms with Crippen molar-refractivity contribution in [3.63, 3.8) is 0 Å². The molecule has 0 saturated heterocycles. The third kappa shape index (κ3) is 0.985. The van der Waals surface area contributed by atoms with Crippen molar-refractivity contribution in [2.75, 3.05) is 0 Å². The van der Waals surface area contributed by atoms with Crippen LogP contribution in [0.5, 0.6) is 0 Å². The smallest absolute Gasteiger partial charge is 0.155 e. The molecule has 0 aromatic heterocycles. The lowest BCUT2D eigenvalue weighted by molar-refractivity contribution is 1.25. The molecule has 14 heavy (non-hydrogen) atoms. The van der Waals surface area contributed by atoms with Gasteiger partial charge in [-0.15, -0.1) is 0 Å². The lowest BCUT2D eigenvalue weighted by Gasteiger charge is -2.10. The van der Waals surface area contributed by atoms with Crippen LogP contribution < -0.4 is 5.73 Å². The number of benzene rings is 1. The summed E-state index contributed by atoms with van der Waals surface area (Å²) in [5.41, 5.74) is 11.1. The lowest BCUT2D eigenvalue weighted by Crippen LogP contribution is -2.11. The number of hydrogen-bond acceptors (Lipinski definition) is 2. The molecule has 3 nitrogen and oxygen atoms in total. The molecule has 2 rings (SSSR count). The van der Waals surface area contributed by atoms with Gasteiger partial charge in [0.1, 0.15) is 5.84 Å². The monoisotopic (exact) mass is 187 g/mol. The Morgan fingerprint density at radius 1 is 1.21 bits per heavy atom. The molecule has 0 atom stereocenters. The summed E-state index contributed by atoms with van der Waals surface area (Å²) in [5, 5.41) is 7.70. The minimum Gasteiger partial charge on any atom is -0.383 e. The Kier molecular flexibility index (Phi) is 1.71. The molecule has 0 radical (unpaired) electrons. The van der Waals surface area contributed by atoms with Gasteiger partial charge in [0.25, 0.3) is 0 Å². The highest BCUT2D eigenvalue weighted by atomic mass is 14.9. The molecule has 3 heteroatoms. The number of fused-ring (bicyclic) bond motifs is 1. The van der Waals surface area contributed by atoms with Crippen molar-refractivity contribution >= 4 is 11.7 Å². The van der Waals surface area contributed by atoms with Gasteiger partial charge in [-0.2, -0.15) is 0 Å². The van der Waals surface area contributed by atoms with Gasteiger partial charge in [0, 0.05) is 11.1 Å². The fraction of sp³-hybridized carbons (Fsp3) is 0.273. The number of rotatable bonds is 0. The summed E-state index contributed by atoms with van der Waals surface area (Å²) in [6.07, 6.45) is 0. The van der Waals surface area contributed by atoms with Crippen LogP contribution in [0.1, 0.15) is 27.8 Å². The summed E-state index contributed by atoms with van der Waals surface area (Å²) in [6.45, 7) is 6.13. The zero-order valence-corrected chi connectivity index (χ0v) is 8.60. The molecule has 72 valence electrons. The third-order valence-corrected chi connectivity index (χ3v) is 2.90. The predicted molar refractivity (Wildman–Crippen MR) is 58.2 cm³/mol. The van der Waals surface area contributed by atoms with Crippen LogP contribution in [-0.4, -0.2) is 11.7 Å². The number of nitrogens with one attached hydrogen (secondary N) is 1. The van der Waals surface area contributed by atoms with Gasteiger partial charge < -0.3 is 5.73 Å². The quantitative estimate of drug-likeness (QED) is 0.637. The first-order valence-electron chi connectivity index (χ1n) is 4.56. The van der Waals surface area contributed by atoms with Gasteiger partial charge in [0.05, 0.1) is 0 Å². The molecule has 3 N–H and O–H groups in total.